The van der Waals surface area contributed by atoms with Crippen molar-refractivity contribution in [3.05, 3.63) is 42.5 Å². The zero-order valence-electron chi connectivity index (χ0n) is 16.3. The van der Waals surface area contributed by atoms with E-state index in [1.165, 1.54) is 4.90 Å². The molecule has 0 aromatic heterocycles. The second-order valence-corrected chi connectivity index (χ2v) is 7.42. The van der Waals surface area contributed by atoms with Gasteiger partial charge in [-0.1, -0.05) is 37.6 Å². The van der Waals surface area contributed by atoms with E-state index in [4.69, 9.17) is 4.74 Å². The van der Waals surface area contributed by atoms with E-state index in [1.54, 1.807) is 18.0 Å². The van der Waals surface area contributed by atoms with Gasteiger partial charge >= 0.3 is 6.03 Å². The standard InChI is InChI=1S/C21H27N3O4/c1-3-14-28-17-8-6-16(7-9-17)15-23(2)18(25)10-13-24-19(26)21(22-20(24)27)11-4-5-12-21/h3,6-9H,1,4-5,10-15H2,2H3,(H,22,27). The van der Waals surface area contributed by atoms with Crippen LogP contribution in [-0.4, -0.2) is 53.4 Å². The molecule has 1 heterocycles. The van der Waals surface area contributed by atoms with Crippen LogP contribution in [0.25, 0.3) is 0 Å². The number of carbonyl (C=O) groups is 3. The predicted molar refractivity (Wildman–Crippen MR) is 105 cm³/mol. The molecule has 1 saturated carbocycles. The smallest absolute Gasteiger partial charge is 0.325 e. The Labute approximate surface area is 165 Å². The topological polar surface area (TPSA) is 79.0 Å². The average molecular weight is 385 g/mol. The molecular formula is C21H27N3O4. The van der Waals surface area contributed by atoms with Gasteiger partial charge in [-0.25, -0.2) is 4.79 Å². The van der Waals surface area contributed by atoms with Crippen molar-refractivity contribution in [3.63, 3.8) is 0 Å². The minimum atomic E-state index is -0.721. The normalized spacial score (nSPS) is 17.7. The summed E-state index contributed by atoms with van der Waals surface area (Å²) in [5.41, 5.74) is 0.253. The number of nitrogens with zero attached hydrogens (tertiary/aromatic N) is 2. The summed E-state index contributed by atoms with van der Waals surface area (Å²) in [7, 11) is 1.72. The fourth-order valence-corrected chi connectivity index (χ4v) is 3.80. The quantitative estimate of drug-likeness (QED) is 0.551. The average Bonchev–Trinajstić information content (AvgIpc) is 3.25. The van der Waals surface area contributed by atoms with Crippen LogP contribution in [0, 0.1) is 0 Å². The first-order valence-electron chi connectivity index (χ1n) is 9.66. The lowest BCUT2D eigenvalue weighted by atomic mass is 9.98. The minimum Gasteiger partial charge on any atom is -0.490 e. The van der Waals surface area contributed by atoms with Gasteiger partial charge in [-0.15, -0.1) is 0 Å². The molecule has 0 bridgehead atoms. The van der Waals surface area contributed by atoms with Crippen molar-refractivity contribution in [1.82, 2.24) is 15.1 Å². The van der Waals surface area contributed by atoms with Crippen LogP contribution >= 0.6 is 0 Å². The van der Waals surface area contributed by atoms with Gasteiger partial charge in [0.1, 0.15) is 17.9 Å². The van der Waals surface area contributed by atoms with Crippen molar-refractivity contribution in [2.24, 2.45) is 0 Å². The molecule has 3 rings (SSSR count). The van der Waals surface area contributed by atoms with Gasteiger partial charge in [0.05, 0.1) is 0 Å². The minimum absolute atomic E-state index is 0.111. The molecule has 150 valence electrons. The molecule has 28 heavy (non-hydrogen) atoms. The lowest BCUT2D eigenvalue weighted by Gasteiger charge is -2.21. The van der Waals surface area contributed by atoms with E-state index in [1.807, 2.05) is 24.3 Å². The molecule has 0 radical (unpaired) electrons. The molecule has 7 nitrogen and oxygen atoms in total. The van der Waals surface area contributed by atoms with Crippen LogP contribution in [0.3, 0.4) is 0 Å². The summed E-state index contributed by atoms with van der Waals surface area (Å²) in [6.07, 6.45) is 5.06. The number of amides is 4. The van der Waals surface area contributed by atoms with Crippen molar-refractivity contribution in [1.29, 1.82) is 0 Å². The number of hydrogen-bond acceptors (Lipinski definition) is 4. The van der Waals surface area contributed by atoms with E-state index in [2.05, 4.69) is 11.9 Å². The zero-order valence-corrected chi connectivity index (χ0v) is 16.3. The van der Waals surface area contributed by atoms with Crippen LogP contribution in [0.15, 0.2) is 36.9 Å². The largest absolute Gasteiger partial charge is 0.490 e. The van der Waals surface area contributed by atoms with E-state index < -0.39 is 5.54 Å². The Bertz CT molecular complexity index is 753. The molecule has 7 heteroatoms. The third-order valence-electron chi connectivity index (χ3n) is 5.39. The van der Waals surface area contributed by atoms with Crippen molar-refractivity contribution in [3.8, 4) is 5.75 Å². The SMILES string of the molecule is C=CCOc1ccc(CN(C)C(=O)CCN2C(=O)NC3(CCCC3)C2=O)cc1. The summed E-state index contributed by atoms with van der Waals surface area (Å²) in [5, 5.41) is 2.84. The Kier molecular flexibility index (Phi) is 6.02. The number of carbonyl (C=O) groups excluding carboxylic acids is 3. The van der Waals surface area contributed by atoms with Crippen molar-refractivity contribution >= 4 is 17.8 Å². The first-order chi connectivity index (χ1) is 13.4. The summed E-state index contributed by atoms with van der Waals surface area (Å²) in [5.74, 6) is 0.456. The molecule has 2 aliphatic rings. The molecule has 4 amide bonds. The van der Waals surface area contributed by atoms with E-state index in [9.17, 15) is 14.4 Å². The van der Waals surface area contributed by atoms with Gasteiger partial charge in [0.15, 0.2) is 0 Å². The second-order valence-electron chi connectivity index (χ2n) is 7.42. The van der Waals surface area contributed by atoms with E-state index >= 15 is 0 Å². The van der Waals surface area contributed by atoms with Crippen LogP contribution in [0.1, 0.15) is 37.7 Å². The van der Waals surface area contributed by atoms with E-state index in [0.717, 1.165) is 24.2 Å². The molecule has 1 spiro atoms. The lowest BCUT2D eigenvalue weighted by Crippen LogP contribution is -2.44. The maximum atomic E-state index is 12.6. The number of hydrogen-bond donors (Lipinski definition) is 1. The third kappa shape index (κ3) is 4.18. The van der Waals surface area contributed by atoms with E-state index in [0.29, 0.717) is 26.0 Å². The predicted octanol–water partition coefficient (Wildman–Crippen LogP) is 2.46. The third-order valence-corrected chi connectivity index (χ3v) is 5.39. The number of urea groups is 1. The Hall–Kier alpha value is -2.83. The molecule has 1 saturated heterocycles. The molecular weight excluding hydrogens is 358 g/mol. The van der Waals surface area contributed by atoms with Crippen LogP contribution in [0.5, 0.6) is 5.75 Å². The molecule has 1 aromatic carbocycles. The monoisotopic (exact) mass is 385 g/mol. The van der Waals surface area contributed by atoms with Gasteiger partial charge in [-0.3, -0.25) is 14.5 Å². The highest BCUT2D eigenvalue weighted by Crippen LogP contribution is 2.35. The lowest BCUT2D eigenvalue weighted by molar-refractivity contribution is -0.133. The first-order valence-corrected chi connectivity index (χ1v) is 9.66. The summed E-state index contributed by atoms with van der Waals surface area (Å²) in [6.45, 7) is 4.62. The van der Waals surface area contributed by atoms with Crippen LogP contribution in [0.2, 0.25) is 0 Å². The summed E-state index contributed by atoms with van der Waals surface area (Å²) < 4.78 is 5.44. The fourth-order valence-electron chi connectivity index (χ4n) is 3.80. The molecule has 1 aliphatic carbocycles. The summed E-state index contributed by atoms with van der Waals surface area (Å²) >= 11 is 0. The maximum absolute atomic E-state index is 12.6. The number of imide groups is 1. The van der Waals surface area contributed by atoms with Gasteiger partial charge in [0, 0.05) is 26.6 Å². The summed E-state index contributed by atoms with van der Waals surface area (Å²) in [6, 6.07) is 7.14. The molecule has 1 aliphatic heterocycles. The van der Waals surface area contributed by atoms with Crippen LogP contribution < -0.4 is 10.1 Å². The van der Waals surface area contributed by atoms with Crippen molar-refractivity contribution in [2.45, 2.75) is 44.2 Å². The zero-order chi connectivity index (χ0) is 20.1. The molecule has 0 atom stereocenters. The fraction of sp³-hybridized carbons (Fsp3) is 0.476. The van der Waals surface area contributed by atoms with E-state index in [-0.39, 0.29) is 30.8 Å². The van der Waals surface area contributed by atoms with Crippen LogP contribution in [0.4, 0.5) is 4.79 Å². The molecule has 2 fully saturated rings. The highest BCUT2D eigenvalue weighted by Gasteiger charge is 2.52. The highest BCUT2D eigenvalue weighted by atomic mass is 16.5. The number of ether oxygens (including phenoxy) is 1. The summed E-state index contributed by atoms with van der Waals surface area (Å²) in [4.78, 5) is 40.1. The number of nitrogens with one attached hydrogen (secondary N) is 1. The van der Waals surface area contributed by atoms with Crippen molar-refractivity contribution < 1.29 is 19.1 Å². The van der Waals surface area contributed by atoms with Gasteiger partial charge in [0.25, 0.3) is 5.91 Å². The van der Waals surface area contributed by atoms with Crippen LogP contribution in [-0.2, 0) is 16.1 Å². The first kappa shape index (κ1) is 19.9. The number of rotatable bonds is 8. The Morgan fingerprint density at radius 1 is 1.29 bits per heavy atom. The Morgan fingerprint density at radius 3 is 2.61 bits per heavy atom. The van der Waals surface area contributed by atoms with Crippen molar-refractivity contribution in [2.75, 3.05) is 20.2 Å². The van der Waals surface area contributed by atoms with Gasteiger partial charge in [-0.2, -0.15) is 0 Å². The van der Waals surface area contributed by atoms with Gasteiger partial charge in [0.2, 0.25) is 5.91 Å². The molecule has 1 aromatic rings. The molecule has 0 unspecified atom stereocenters. The number of benzene rings is 1. The molecule has 1 N–H and O–H groups in total. The Balaban J connectivity index is 1.50. The second kappa shape index (κ2) is 8.46. The highest BCUT2D eigenvalue weighted by molar-refractivity contribution is 6.07. The maximum Gasteiger partial charge on any atom is 0.325 e. The Morgan fingerprint density at radius 2 is 1.96 bits per heavy atom. The van der Waals surface area contributed by atoms with Gasteiger partial charge < -0.3 is 15.0 Å². The van der Waals surface area contributed by atoms with Gasteiger partial charge in [-0.05, 0) is 30.5 Å².